The van der Waals surface area contributed by atoms with E-state index in [-0.39, 0.29) is 6.61 Å². The van der Waals surface area contributed by atoms with E-state index >= 15 is 0 Å². The van der Waals surface area contributed by atoms with E-state index in [9.17, 15) is 0 Å². The monoisotopic (exact) mass is 203 g/mol. The SMILES string of the molecule is Cc1cccc(-c2oc(CO)nc2C)c1. The zero-order valence-corrected chi connectivity index (χ0v) is 8.82. The molecule has 15 heavy (non-hydrogen) atoms. The summed E-state index contributed by atoms with van der Waals surface area (Å²) in [6, 6.07) is 8.02. The lowest BCUT2D eigenvalue weighted by Crippen LogP contribution is -1.80. The Labute approximate surface area is 88.4 Å². The van der Waals surface area contributed by atoms with E-state index in [1.54, 1.807) is 0 Å². The first-order valence-corrected chi connectivity index (χ1v) is 4.85. The topological polar surface area (TPSA) is 46.3 Å². The van der Waals surface area contributed by atoms with Crippen LogP contribution in [0.3, 0.4) is 0 Å². The molecule has 1 aromatic heterocycles. The predicted octanol–water partition coefficient (Wildman–Crippen LogP) is 2.45. The van der Waals surface area contributed by atoms with Gasteiger partial charge in [-0.05, 0) is 19.9 Å². The van der Waals surface area contributed by atoms with E-state index in [2.05, 4.69) is 4.98 Å². The molecule has 0 atom stereocenters. The van der Waals surface area contributed by atoms with Gasteiger partial charge in [0.25, 0.3) is 0 Å². The fourth-order valence-electron chi connectivity index (χ4n) is 1.57. The van der Waals surface area contributed by atoms with Gasteiger partial charge in [-0.3, -0.25) is 0 Å². The third kappa shape index (κ3) is 1.92. The summed E-state index contributed by atoms with van der Waals surface area (Å²) in [4.78, 5) is 4.12. The summed E-state index contributed by atoms with van der Waals surface area (Å²) < 4.78 is 5.44. The fraction of sp³-hybridized carbons (Fsp3) is 0.250. The molecular weight excluding hydrogens is 190 g/mol. The number of hydrogen-bond donors (Lipinski definition) is 1. The number of rotatable bonds is 2. The molecule has 78 valence electrons. The summed E-state index contributed by atoms with van der Waals surface area (Å²) in [5.41, 5.74) is 2.98. The molecular formula is C12H13NO2. The lowest BCUT2D eigenvalue weighted by molar-refractivity contribution is 0.241. The second kappa shape index (κ2) is 3.87. The number of aliphatic hydroxyl groups is 1. The van der Waals surface area contributed by atoms with Crippen molar-refractivity contribution in [3.63, 3.8) is 0 Å². The minimum atomic E-state index is -0.160. The smallest absolute Gasteiger partial charge is 0.220 e. The first-order chi connectivity index (χ1) is 7.20. The number of oxazole rings is 1. The van der Waals surface area contributed by atoms with E-state index < -0.39 is 0 Å². The number of aromatic nitrogens is 1. The van der Waals surface area contributed by atoms with Crippen LogP contribution in [0.5, 0.6) is 0 Å². The van der Waals surface area contributed by atoms with Crippen molar-refractivity contribution >= 4 is 0 Å². The van der Waals surface area contributed by atoms with Crippen molar-refractivity contribution in [2.45, 2.75) is 20.5 Å². The van der Waals surface area contributed by atoms with Crippen molar-refractivity contribution in [3.05, 3.63) is 41.4 Å². The molecule has 0 saturated heterocycles. The molecule has 0 amide bonds. The molecule has 1 heterocycles. The van der Waals surface area contributed by atoms with Crippen molar-refractivity contribution in [3.8, 4) is 11.3 Å². The number of nitrogens with zero attached hydrogens (tertiary/aromatic N) is 1. The van der Waals surface area contributed by atoms with Crippen LogP contribution in [-0.2, 0) is 6.61 Å². The first-order valence-electron chi connectivity index (χ1n) is 4.85. The Balaban J connectivity index is 2.48. The van der Waals surface area contributed by atoms with Crippen molar-refractivity contribution in [2.75, 3.05) is 0 Å². The van der Waals surface area contributed by atoms with Gasteiger partial charge in [-0.2, -0.15) is 0 Å². The van der Waals surface area contributed by atoms with Crippen LogP contribution in [0.4, 0.5) is 0 Å². The molecule has 0 bridgehead atoms. The van der Waals surface area contributed by atoms with Crippen molar-refractivity contribution in [1.29, 1.82) is 0 Å². The molecule has 2 rings (SSSR count). The lowest BCUT2D eigenvalue weighted by atomic mass is 10.1. The Morgan fingerprint density at radius 3 is 2.73 bits per heavy atom. The highest BCUT2D eigenvalue weighted by molar-refractivity contribution is 5.60. The van der Waals surface area contributed by atoms with Crippen LogP contribution < -0.4 is 0 Å². The lowest BCUT2D eigenvalue weighted by Gasteiger charge is -1.98. The number of hydrogen-bond acceptors (Lipinski definition) is 3. The predicted molar refractivity (Wildman–Crippen MR) is 57.3 cm³/mol. The van der Waals surface area contributed by atoms with Gasteiger partial charge in [0.15, 0.2) is 5.76 Å². The molecule has 0 aliphatic heterocycles. The zero-order chi connectivity index (χ0) is 10.8. The van der Waals surface area contributed by atoms with Crippen molar-refractivity contribution in [1.82, 2.24) is 4.98 Å². The normalized spacial score (nSPS) is 10.6. The second-order valence-electron chi connectivity index (χ2n) is 3.55. The van der Waals surface area contributed by atoms with Gasteiger partial charge in [0.2, 0.25) is 5.89 Å². The van der Waals surface area contributed by atoms with Crippen LogP contribution >= 0.6 is 0 Å². The third-order valence-corrected chi connectivity index (χ3v) is 2.26. The van der Waals surface area contributed by atoms with Gasteiger partial charge >= 0.3 is 0 Å². The maximum Gasteiger partial charge on any atom is 0.220 e. The van der Waals surface area contributed by atoms with Crippen molar-refractivity contribution < 1.29 is 9.52 Å². The van der Waals surface area contributed by atoms with Crippen LogP contribution in [0, 0.1) is 13.8 Å². The Bertz CT molecular complexity index is 474. The Morgan fingerprint density at radius 1 is 1.33 bits per heavy atom. The van der Waals surface area contributed by atoms with Gasteiger partial charge in [-0.15, -0.1) is 0 Å². The Hall–Kier alpha value is -1.61. The minimum absolute atomic E-state index is 0.160. The molecule has 3 nitrogen and oxygen atoms in total. The summed E-state index contributed by atoms with van der Waals surface area (Å²) in [5.74, 6) is 1.10. The molecule has 1 aromatic carbocycles. The maximum atomic E-state index is 8.92. The van der Waals surface area contributed by atoms with Crippen molar-refractivity contribution in [2.24, 2.45) is 0 Å². The summed E-state index contributed by atoms with van der Waals surface area (Å²) in [7, 11) is 0. The molecule has 0 spiro atoms. The van der Waals surface area contributed by atoms with Gasteiger partial charge in [0, 0.05) is 5.56 Å². The Morgan fingerprint density at radius 2 is 2.13 bits per heavy atom. The zero-order valence-electron chi connectivity index (χ0n) is 8.82. The molecule has 0 fully saturated rings. The van der Waals surface area contributed by atoms with Crippen LogP contribution in [0.25, 0.3) is 11.3 Å². The highest BCUT2D eigenvalue weighted by Gasteiger charge is 2.10. The van der Waals surface area contributed by atoms with Gasteiger partial charge in [-0.25, -0.2) is 4.98 Å². The summed E-state index contributed by atoms with van der Waals surface area (Å²) in [5, 5.41) is 8.92. The minimum Gasteiger partial charge on any atom is -0.438 e. The van der Waals surface area contributed by atoms with Crippen LogP contribution in [0.1, 0.15) is 17.1 Å². The molecule has 0 aliphatic rings. The molecule has 0 saturated carbocycles. The third-order valence-electron chi connectivity index (χ3n) is 2.26. The molecule has 3 heteroatoms. The van der Waals surface area contributed by atoms with E-state index in [4.69, 9.17) is 9.52 Å². The second-order valence-corrected chi connectivity index (χ2v) is 3.55. The van der Waals surface area contributed by atoms with E-state index in [0.717, 1.165) is 17.0 Å². The summed E-state index contributed by atoms with van der Waals surface area (Å²) in [6.07, 6.45) is 0. The summed E-state index contributed by atoms with van der Waals surface area (Å²) in [6.45, 7) is 3.75. The van der Waals surface area contributed by atoms with Crippen LogP contribution in [-0.4, -0.2) is 10.1 Å². The van der Waals surface area contributed by atoms with Gasteiger partial charge in [0.1, 0.15) is 6.61 Å². The quantitative estimate of drug-likeness (QED) is 0.815. The molecule has 1 N–H and O–H groups in total. The molecule has 2 aromatic rings. The molecule has 0 radical (unpaired) electrons. The maximum absolute atomic E-state index is 8.92. The molecule has 0 unspecified atom stereocenters. The van der Waals surface area contributed by atoms with E-state index in [0.29, 0.717) is 5.89 Å². The standard InChI is InChI=1S/C12H13NO2/c1-8-4-3-5-10(6-8)12-9(2)13-11(7-14)15-12/h3-6,14H,7H2,1-2H3. The van der Waals surface area contributed by atoms with E-state index in [1.807, 2.05) is 38.1 Å². The number of benzene rings is 1. The van der Waals surface area contributed by atoms with Crippen LogP contribution in [0.2, 0.25) is 0 Å². The van der Waals surface area contributed by atoms with Gasteiger partial charge in [-0.1, -0.05) is 23.8 Å². The number of aryl methyl sites for hydroxylation is 2. The van der Waals surface area contributed by atoms with Gasteiger partial charge < -0.3 is 9.52 Å². The molecule has 0 aliphatic carbocycles. The highest BCUT2D eigenvalue weighted by Crippen LogP contribution is 2.24. The Kier molecular flexibility index (Phi) is 2.56. The fourth-order valence-corrected chi connectivity index (χ4v) is 1.57. The van der Waals surface area contributed by atoms with Crippen LogP contribution in [0.15, 0.2) is 28.7 Å². The van der Waals surface area contributed by atoms with Gasteiger partial charge in [0.05, 0.1) is 5.69 Å². The average Bonchev–Trinajstić information content (AvgIpc) is 2.60. The van der Waals surface area contributed by atoms with E-state index in [1.165, 1.54) is 5.56 Å². The highest BCUT2D eigenvalue weighted by atomic mass is 16.4. The first kappa shape index (κ1) is 9.93. The average molecular weight is 203 g/mol. The summed E-state index contributed by atoms with van der Waals surface area (Å²) >= 11 is 0. The number of aliphatic hydroxyl groups excluding tert-OH is 1. The largest absolute Gasteiger partial charge is 0.438 e.